The van der Waals surface area contributed by atoms with Crippen molar-refractivity contribution in [2.75, 3.05) is 36.9 Å². The number of ether oxygens (including phenoxy) is 2. The number of benzene rings is 1. The predicted molar refractivity (Wildman–Crippen MR) is 78.5 cm³/mol. The lowest BCUT2D eigenvalue weighted by atomic mass is 10.1. The van der Waals surface area contributed by atoms with Crippen LogP contribution in [0.1, 0.15) is 29.6 Å². The number of carboxylic acid groups (broad SMARTS) is 1. The summed E-state index contributed by atoms with van der Waals surface area (Å²) < 4.78 is 11.5. The number of nitrogens with zero attached hydrogens (tertiary/aromatic N) is 1. The number of carboxylic acids is 1. The molecule has 0 amide bonds. The van der Waals surface area contributed by atoms with Gasteiger partial charge < -0.3 is 25.2 Å². The SMILES string of the molecule is Nc1ccc(N2CCCC3(CC2)OCCO3)c(C(=O)O)c1. The molecule has 0 saturated carbocycles. The largest absolute Gasteiger partial charge is 0.478 e. The first-order chi connectivity index (χ1) is 10.1. The second kappa shape index (κ2) is 5.54. The summed E-state index contributed by atoms with van der Waals surface area (Å²) in [4.78, 5) is 13.5. The van der Waals surface area contributed by atoms with Gasteiger partial charge in [0.25, 0.3) is 0 Å². The highest BCUT2D eigenvalue weighted by Crippen LogP contribution is 2.34. The van der Waals surface area contributed by atoms with Crippen LogP contribution in [0.5, 0.6) is 0 Å². The number of carbonyl (C=O) groups is 1. The maximum Gasteiger partial charge on any atom is 0.337 e. The standard InChI is InChI=1S/C15H20N2O4/c16-11-2-3-13(12(10-11)14(18)19)17-6-1-4-15(5-7-17)20-8-9-21-15/h2-3,10H,1,4-9,16H2,(H,18,19). The van der Waals surface area contributed by atoms with Crippen LogP contribution in [0.4, 0.5) is 11.4 Å². The monoisotopic (exact) mass is 292 g/mol. The minimum Gasteiger partial charge on any atom is -0.478 e. The Labute approximate surface area is 123 Å². The first kappa shape index (κ1) is 14.2. The third-order valence-corrected chi connectivity index (χ3v) is 4.15. The first-order valence-corrected chi connectivity index (χ1v) is 7.25. The van der Waals surface area contributed by atoms with Crippen molar-refractivity contribution >= 4 is 17.3 Å². The van der Waals surface area contributed by atoms with Crippen molar-refractivity contribution in [1.29, 1.82) is 0 Å². The van der Waals surface area contributed by atoms with E-state index in [1.54, 1.807) is 12.1 Å². The number of rotatable bonds is 2. The molecular weight excluding hydrogens is 272 g/mol. The first-order valence-electron chi connectivity index (χ1n) is 7.25. The van der Waals surface area contributed by atoms with Gasteiger partial charge in [-0.2, -0.15) is 0 Å². The summed E-state index contributed by atoms with van der Waals surface area (Å²) in [6.07, 6.45) is 2.50. The maximum atomic E-state index is 11.4. The van der Waals surface area contributed by atoms with E-state index >= 15 is 0 Å². The molecule has 0 unspecified atom stereocenters. The van der Waals surface area contributed by atoms with Crippen molar-refractivity contribution < 1.29 is 19.4 Å². The zero-order chi connectivity index (χ0) is 14.9. The van der Waals surface area contributed by atoms with Crippen molar-refractivity contribution in [1.82, 2.24) is 0 Å². The lowest BCUT2D eigenvalue weighted by Crippen LogP contribution is -2.32. The Balaban J connectivity index is 1.82. The molecule has 2 heterocycles. The van der Waals surface area contributed by atoms with Crippen LogP contribution < -0.4 is 10.6 Å². The maximum absolute atomic E-state index is 11.4. The van der Waals surface area contributed by atoms with Crippen molar-refractivity contribution in [3.05, 3.63) is 23.8 Å². The fourth-order valence-electron chi connectivity index (χ4n) is 3.11. The van der Waals surface area contributed by atoms with Gasteiger partial charge in [0.1, 0.15) is 0 Å². The Bertz CT molecular complexity index is 540. The third kappa shape index (κ3) is 2.82. The van der Waals surface area contributed by atoms with E-state index in [0.29, 0.717) is 31.1 Å². The molecule has 0 bridgehead atoms. The molecular formula is C15H20N2O4. The predicted octanol–water partition coefficient (Wildman–Crippen LogP) is 1.70. The second-order valence-corrected chi connectivity index (χ2v) is 5.53. The van der Waals surface area contributed by atoms with Gasteiger partial charge in [0.05, 0.1) is 24.5 Å². The molecule has 1 aromatic carbocycles. The Hall–Kier alpha value is -1.79. The number of hydrogen-bond acceptors (Lipinski definition) is 5. The van der Waals surface area contributed by atoms with Crippen LogP contribution in [0, 0.1) is 0 Å². The number of aromatic carboxylic acids is 1. The van der Waals surface area contributed by atoms with Gasteiger partial charge in [0, 0.05) is 31.6 Å². The van der Waals surface area contributed by atoms with E-state index in [2.05, 4.69) is 4.90 Å². The second-order valence-electron chi connectivity index (χ2n) is 5.53. The van der Waals surface area contributed by atoms with Crippen LogP contribution in [-0.4, -0.2) is 43.2 Å². The van der Waals surface area contributed by atoms with Crippen molar-refractivity contribution in [2.24, 2.45) is 0 Å². The van der Waals surface area contributed by atoms with Crippen LogP contribution in [0.2, 0.25) is 0 Å². The molecule has 114 valence electrons. The molecule has 1 aromatic rings. The van der Waals surface area contributed by atoms with E-state index in [0.717, 1.165) is 25.8 Å². The smallest absolute Gasteiger partial charge is 0.337 e. The summed E-state index contributed by atoms with van der Waals surface area (Å²) in [5, 5.41) is 9.36. The van der Waals surface area contributed by atoms with Gasteiger partial charge >= 0.3 is 5.97 Å². The van der Waals surface area contributed by atoms with Gasteiger partial charge in [0.2, 0.25) is 0 Å². The number of nitrogen functional groups attached to an aromatic ring is 1. The van der Waals surface area contributed by atoms with Gasteiger partial charge in [-0.05, 0) is 24.6 Å². The fraction of sp³-hybridized carbons (Fsp3) is 0.533. The molecule has 2 aliphatic heterocycles. The molecule has 2 saturated heterocycles. The van der Waals surface area contributed by atoms with Crippen LogP contribution in [0.3, 0.4) is 0 Å². The summed E-state index contributed by atoms with van der Waals surface area (Å²) in [5.74, 6) is -1.42. The van der Waals surface area contributed by atoms with Crippen molar-refractivity contribution in [2.45, 2.75) is 25.0 Å². The Morgan fingerprint density at radius 1 is 1.24 bits per heavy atom. The lowest BCUT2D eigenvalue weighted by molar-refractivity contribution is -0.162. The summed E-state index contributed by atoms with van der Waals surface area (Å²) >= 11 is 0. The molecule has 6 heteroatoms. The highest BCUT2D eigenvalue weighted by atomic mass is 16.7. The fourth-order valence-corrected chi connectivity index (χ4v) is 3.11. The van der Waals surface area contributed by atoms with Crippen LogP contribution in [0.15, 0.2) is 18.2 Å². The number of nitrogens with two attached hydrogens (primary N) is 1. The molecule has 0 aliphatic carbocycles. The Morgan fingerprint density at radius 2 is 2.00 bits per heavy atom. The quantitative estimate of drug-likeness (QED) is 0.807. The van der Waals surface area contributed by atoms with Crippen molar-refractivity contribution in [3.63, 3.8) is 0 Å². The highest BCUT2D eigenvalue weighted by molar-refractivity contribution is 5.95. The van der Waals surface area contributed by atoms with E-state index in [1.165, 1.54) is 6.07 Å². The average molecular weight is 292 g/mol. The molecule has 2 fully saturated rings. The van der Waals surface area contributed by atoms with E-state index < -0.39 is 11.8 Å². The number of anilines is 2. The average Bonchev–Trinajstić information content (AvgIpc) is 2.81. The topological polar surface area (TPSA) is 85.0 Å². The van der Waals surface area contributed by atoms with Crippen molar-refractivity contribution in [3.8, 4) is 0 Å². The minimum absolute atomic E-state index is 0.249. The zero-order valence-electron chi connectivity index (χ0n) is 11.9. The summed E-state index contributed by atoms with van der Waals surface area (Å²) in [5.41, 5.74) is 7.12. The Morgan fingerprint density at radius 3 is 2.71 bits per heavy atom. The molecule has 21 heavy (non-hydrogen) atoms. The molecule has 3 rings (SSSR count). The van der Waals surface area contributed by atoms with Gasteiger partial charge in [-0.25, -0.2) is 4.79 Å². The van der Waals surface area contributed by atoms with Crippen LogP contribution in [0.25, 0.3) is 0 Å². The third-order valence-electron chi connectivity index (χ3n) is 4.15. The highest BCUT2D eigenvalue weighted by Gasteiger charge is 2.38. The lowest BCUT2D eigenvalue weighted by Gasteiger charge is -2.27. The molecule has 0 aromatic heterocycles. The van der Waals surface area contributed by atoms with Gasteiger partial charge in [0.15, 0.2) is 5.79 Å². The molecule has 6 nitrogen and oxygen atoms in total. The molecule has 1 spiro atoms. The molecule has 0 atom stereocenters. The molecule has 0 radical (unpaired) electrons. The Kier molecular flexibility index (Phi) is 3.73. The summed E-state index contributed by atoms with van der Waals surface area (Å²) in [6.45, 7) is 2.79. The van der Waals surface area contributed by atoms with E-state index in [9.17, 15) is 9.90 Å². The normalized spacial score (nSPS) is 21.4. The molecule has 2 aliphatic rings. The van der Waals surface area contributed by atoms with Crippen LogP contribution >= 0.6 is 0 Å². The van der Waals surface area contributed by atoms with E-state index in [-0.39, 0.29) is 5.56 Å². The van der Waals surface area contributed by atoms with Gasteiger partial charge in [-0.1, -0.05) is 0 Å². The van der Waals surface area contributed by atoms with Gasteiger partial charge in [-0.15, -0.1) is 0 Å². The molecule has 3 N–H and O–H groups in total. The van der Waals surface area contributed by atoms with Crippen LogP contribution in [-0.2, 0) is 9.47 Å². The van der Waals surface area contributed by atoms with E-state index in [4.69, 9.17) is 15.2 Å². The summed E-state index contributed by atoms with van der Waals surface area (Å²) in [6, 6.07) is 5.04. The van der Waals surface area contributed by atoms with E-state index in [1.807, 2.05) is 0 Å². The number of hydrogen-bond donors (Lipinski definition) is 2. The summed E-state index contributed by atoms with van der Waals surface area (Å²) in [7, 11) is 0. The van der Waals surface area contributed by atoms with Gasteiger partial charge in [-0.3, -0.25) is 0 Å². The zero-order valence-corrected chi connectivity index (χ0v) is 11.9. The minimum atomic E-state index is -0.954.